The number of hydrogen-bond donors (Lipinski definition) is 0. The molecule has 2 nitrogen and oxygen atoms in total. The van der Waals surface area contributed by atoms with Gasteiger partial charge in [0.05, 0.1) is 0 Å². The minimum absolute atomic E-state index is 0.556. The second kappa shape index (κ2) is 3.48. The Morgan fingerprint density at radius 1 is 1.25 bits per heavy atom. The van der Waals surface area contributed by atoms with Gasteiger partial charge in [0.15, 0.2) is 0 Å². The SMILES string of the molecule is C1=C[C@H](c2cncnc2)CCC1. The third kappa shape index (κ3) is 1.52. The molecule has 1 aliphatic carbocycles. The predicted octanol–water partition coefficient (Wildman–Crippen LogP) is 2.30. The maximum Gasteiger partial charge on any atom is 0.115 e. The smallest absolute Gasteiger partial charge is 0.115 e. The van der Waals surface area contributed by atoms with Crippen LogP contribution in [0.15, 0.2) is 30.9 Å². The molecule has 0 bridgehead atoms. The molecule has 1 aromatic heterocycles. The molecule has 0 aromatic carbocycles. The second-order valence-corrected chi connectivity index (χ2v) is 3.14. The summed E-state index contributed by atoms with van der Waals surface area (Å²) in [5.74, 6) is 0.556. The first-order chi connectivity index (χ1) is 5.97. The highest BCUT2D eigenvalue weighted by molar-refractivity contribution is 5.18. The van der Waals surface area contributed by atoms with Crippen molar-refractivity contribution in [2.45, 2.75) is 25.2 Å². The molecule has 0 aliphatic heterocycles. The van der Waals surface area contributed by atoms with Crippen molar-refractivity contribution in [1.82, 2.24) is 9.97 Å². The quantitative estimate of drug-likeness (QED) is 0.589. The zero-order chi connectivity index (χ0) is 8.23. The van der Waals surface area contributed by atoms with Gasteiger partial charge in [-0.1, -0.05) is 12.2 Å². The zero-order valence-corrected chi connectivity index (χ0v) is 6.98. The van der Waals surface area contributed by atoms with Crippen molar-refractivity contribution in [3.8, 4) is 0 Å². The van der Waals surface area contributed by atoms with Gasteiger partial charge in [0.2, 0.25) is 0 Å². The van der Waals surface area contributed by atoms with E-state index in [9.17, 15) is 0 Å². The third-order valence-electron chi connectivity index (χ3n) is 2.26. The summed E-state index contributed by atoms with van der Waals surface area (Å²) < 4.78 is 0. The Balaban J connectivity index is 2.19. The molecule has 12 heavy (non-hydrogen) atoms. The number of aromatic nitrogens is 2. The van der Waals surface area contributed by atoms with E-state index < -0.39 is 0 Å². The molecule has 0 N–H and O–H groups in total. The van der Waals surface area contributed by atoms with Crippen LogP contribution in [-0.4, -0.2) is 9.97 Å². The summed E-state index contributed by atoms with van der Waals surface area (Å²) in [5.41, 5.74) is 1.24. The van der Waals surface area contributed by atoms with Crippen LogP contribution < -0.4 is 0 Å². The zero-order valence-electron chi connectivity index (χ0n) is 6.98. The predicted molar refractivity (Wildman–Crippen MR) is 47.8 cm³/mol. The topological polar surface area (TPSA) is 25.8 Å². The lowest BCUT2D eigenvalue weighted by Gasteiger charge is -2.15. The van der Waals surface area contributed by atoms with E-state index in [1.807, 2.05) is 12.4 Å². The normalized spacial score (nSPS) is 22.5. The van der Waals surface area contributed by atoms with Crippen LogP contribution in [0, 0.1) is 0 Å². The van der Waals surface area contributed by atoms with Gasteiger partial charge >= 0.3 is 0 Å². The Morgan fingerprint density at radius 3 is 2.75 bits per heavy atom. The van der Waals surface area contributed by atoms with Crippen LogP contribution in [0.3, 0.4) is 0 Å². The highest BCUT2D eigenvalue weighted by Gasteiger charge is 2.10. The van der Waals surface area contributed by atoms with Crippen LogP contribution in [0.1, 0.15) is 30.7 Å². The first-order valence-electron chi connectivity index (χ1n) is 4.38. The summed E-state index contributed by atoms with van der Waals surface area (Å²) in [5, 5.41) is 0. The van der Waals surface area contributed by atoms with Gasteiger partial charge in [-0.25, -0.2) is 9.97 Å². The van der Waals surface area contributed by atoms with Gasteiger partial charge in [-0.2, -0.15) is 0 Å². The van der Waals surface area contributed by atoms with Crippen LogP contribution in [-0.2, 0) is 0 Å². The minimum atomic E-state index is 0.556. The molecule has 1 aliphatic rings. The maximum absolute atomic E-state index is 4.01. The van der Waals surface area contributed by atoms with Crippen molar-refractivity contribution in [2.75, 3.05) is 0 Å². The molecule has 62 valence electrons. The molecule has 2 heteroatoms. The third-order valence-corrected chi connectivity index (χ3v) is 2.26. The number of nitrogens with zero attached hydrogens (tertiary/aromatic N) is 2. The highest BCUT2D eigenvalue weighted by Crippen LogP contribution is 2.25. The van der Waals surface area contributed by atoms with Crippen molar-refractivity contribution < 1.29 is 0 Å². The van der Waals surface area contributed by atoms with Gasteiger partial charge in [0.1, 0.15) is 6.33 Å². The lowest BCUT2D eigenvalue weighted by atomic mass is 9.91. The van der Waals surface area contributed by atoms with Crippen LogP contribution in [0.2, 0.25) is 0 Å². The first-order valence-corrected chi connectivity index (χ1v) is 4.38. The van der Waals surface area contributed by atoms with E-state index in [0.717, 1.165) is 0 Å². The molecular weight excluding hydrogens is 148 g/mol. The molecule has 1 heterocycles. The van der Waals surface area contributed by atoms with Crippen molar-refractivity contribution in [1.29, 1.82) is 0 Å². The molecule has 0 radical (unpaired) electrons. The lowest BCUT2D eigenvalue weighted by molar-refractivity contribution is 0.650. The van der Waals surface area contributed by atoms with Crippen molar-refractivity contribution in [3.63, 3.8) is 0 Å². The van der Waals surface area contributed by atoms with Gasteiger partial charge < -0.3 is 0 Å². The summed E-state index contributed by atoms with van der Waals surface area (Å²) in [6.07, 6.45) is 13.7. The molecule has 0 unspecified atom stereocenters. The largest absolute Gasteiger partial charge is 0.245 e. The van der Waals surface area contributed by atoms with Crippen molar-refractivity contribution in [3.05, 3.63) is 36.4 Å². The van der Waals surface area contributed by atoms with Crippen LogP contribution in [0.5, 0.6) is 0 Å². The minimum Gasteiger partial charge on any atom is -0.245 e. The summed E-state index contributed by atoms with van der Waals surface area (Å²) in [7, 11) is 0. The van der Waals surface area contributed by atoms with Crippen molar-refractivity contribution >= 4 is 0 Å². The number of hydrogen-bond acceptors (Lipinski definition) is 2. The second-order valence-electron chi connectivity index (χ2n) is 3.14. The van der Waals surface area contributed by atoms with Crippen LogP contribution in [0.25, 0.3) is 0 Å². The Labute approximate surface area is 72.4 Å². The Kier molecular flexibility index (Phi) is 2.16. The van der Waals surface area contributed by atoms with E-state index in [1.54, 1.807) is 6.33 Å². The van der Waals surface area contributed by atoms with E-state index >= 15 is 0 Å². The summed E-state index contributed by atoms with van der Waals surface area (Å²) >= 11 is 0. The van der Waals surface area contributed by atoms with Crippen molar-refractivity contribution in [2.24, 2.45) is 0 Å². The standard InChI is InChI=1S/C10H12N2/c1-2-4-9(5-3-1)10-6-11-8-12-7-10/h2,4,6-9H,1,3,5H2/t9-/m0/s1. The maximum atomic E-state index is 4.01. The number of allylic oxidation sites excluding steroid dienone is 2. The van der Waals surface area contributed by atoms with E-state index in [2.05, 4.69) is 22.1 Å². The van der Waals surface area contributed by atoms with Gasteiger partial charge in [0, 0.05) is 18.3 Å². The van der Waals surface area contributed by atoms with E-state index in [4.69, 9.17) is 0 Å². The molecule has 0 saturated carbocycles. The average molecular weight is 160 g/mol. The lowest BCUT2D eigenvalue weighted by Crippen LogP contribution is -1.99. The molecule has 0 amide bonds. The Hall–Kier alpha value is -1.18. The average Bonchev–Trinajstić information content (AvgIpc) is 2.21. The molecule has 1 atom stereocenters. The molecule has 0 saturated heterocycles. The van der Waals surface area contributed by atoms with E-state index in [-0.39, 0.29) is 0 Å². The monoisotopic (exact) mass is 160 g/mol. The molecular formula is C10H12N2. The van der Waals surface area contributed by atoms with Gasteiger partial charge in [-0.3, -0.25) is 0 Å². The summed E-state index contributed by atoms with van der Waals surface area (Å²) in [4.78, 5) is 8.03. The molecule has 0 fully saturated rings. The van der Waals surface area contributed by atoms with Gasteiger partial charge in [-0.05, 0) is 24.8 Å². The fourth-order valence-corrected chi connectivity index (χ4v) is 1.59. The van der Waals surface area contributed by atoms with Crippen LogP contribution >= 0.6 is 0 Å². The summed E-state index contributed by atoms with van der Waals surface area (Å²) in [6, 6.07) is 0. The van der Waals surface area contributed by atoms with E-state index in [1.165, 1.54) is 24.8 Å². The van der Waals surface area contributed by atoms with Crippen LogP contribution in [0.4, 0.5) is 0 Å². The fourth-order valence-electron chi connectivity index (χ4n) is 1.59. The van der Waals surface area contributed by atoms with E-state index in [0.29, 0.717) is 5.92 Å². The Bertz CT molecular complexity index is 266. The molecule has 2 rings (SSSR count). The van der Waals surface area contributed by atoms with Gasteiger partial charge in [-0.15, -0.1) is 0 Å². The first kappa shape index (κ1) is 7.47. The molecule has 1 aromatic rings. The highest BCUT2D eigenvalue weighted by atomic mass is 14.8. The fraction of sp³-hybridized carbons (Fsp3) is 0.400. The summed E-state index contributed by atoms with van der Waals surface area (Å²) in [6.45, 7) is 0. The van der Waals surface area contributed by atoms with Gasteiger partial charge in [0.25, 0.3) is 0 Å². The molecule has 0 spiro atoms. The Morgan fingerprint density at radius 2 is 2.08 bits per heavy atom. The number of rotatable bonds is 1.